The summed E-state index contributed by atoms with van der Waals surface area (Å²) in [5.74, 6) is -0.549. The Balaban J connectivity index is 1.97. The van der Waals surface area contributed by atoms with Crippen LogP contribution in [0.2, 0.25) is 0 Å². The zero-order valence-corrected chi connectivity index (χ0v) is 10.8. The van der Waals surface area contributed by atoms with Gasteiger partial charge in [-0.05, 0) is 44.4 Å². The quantitative estimate of drug-likeness (QED) is 0.850. The number of amides is 1. The van der Waals surface area contributed by atoms with Crippen molar-refractivity contribution in [2.45, 2.75) is 36.6 Å². The normalized spacial score (nSPS) is 22.8. The molecule has 5 nitrogen and oxygen atoms in total. The molecule has 1 aromatic rings. The minimum Gasteiger partial charge on any atom is -0.380 e. The molecule has 96 valence electrons. The van der Waals surface area contributed by atoms with Crippen molar-refractivity contribution in [3.63, 3.8) is 0 Å². The Hall–Kier alpha value is -1.56. The molecule has 0 radical (unpaired) electrons. The highest BCUT2D eigenvalue weighted by molar-refractivity contribution is 7.90. The molecule has 1 amide bonds. The van der Waals surface area contributed by atoms with Gasteiger partial charge in [-0.25, -0.2) is 13.1 Å². The maximum absolute atomic E-state index is 11.6. The van der Waals surface area contributed by atoms with Crippen LogP contribution in [0.25, 0.3) is 0 Å². The second-order valence-corrected chi connectivity index (χ2v) is 6.84. The summed E-state index contributed by atoms with van der Waals surface area (Å²) >= 11 is 0. The molecule has 1 heterocycles. The molecule has 0 aromatic heterocycles. The average Bonchev–Trinajstić information content (AvgIpc) is 2.47. The van der Waals surface area contributed by atoms with E-state index in [9.17, 15) is 13.2 Å². The number of hydrogen-bond donors (Lipinski definition) is 2. The lowest BCUT2D eigenvalue weighted by Crippen LogP contribution is -2.41. The lowest BCUT2D eigenvalue weighted by molar-refractivity contribution is 0.0985. The molecule has 1 fully saturated rings. The van der Waals surface area contributed by atoms with Crippen molar-refractivity contribution in [2.24, 2.45) is 0 Å². The summed E-state index contributed by atoms with van der Waals surface area (Å²) in [5.41, 5.74) is 1.09. The highest BCUT2D eigenvalue weighted by Crippen LogP contribution is 2.35. The fraction of sp³-hybridized carbons (Fsp3) is 0.417. The van der Waals surface area contributed by atoms with Gasteiger partial charge in [0.05, 0.1) is 5.56 Å². The molecule has 1 aliphatic heterocycles. The van der Waals surface area contributed by atoms with E-state index in [1.807, 2.05) is 4.72 Å². The summed E-state index contributed by atoms with van der Waals surface area (Å²) in [6.45, 7) is 2.13. The number of nitrogens with one attached hydrogen (secondary N) is 2. The lowest BCUT2D eigenvalue weighted by Gasteiger charge is -2.40. The first-order valence-corrected chi connectivity index (χ1v) is 7.37. The smallest absolute Gasteiger partial charge is 0.266 e. The number of fused-ring (bicyclic) bond motifs is 1. The van der Waals surface area contributed by atoms with E-state index in [1.165, 1.54) is 12.5 Å². The fourth-order valence-corrected chi connectivity index (χ4v) is 3.58. The van der Waals surface area contributed by atoms with Crippen molar-refractivity contribution in [3.8, 4) is 0 Å². The van der Waals surface area contributed by atoms with Crippen molar-refractivity contribution in [3.05, 3.63) is 23.8 Å². The molecule has 2 aliphatic rings. The predicted octanol–water partition coefficient (Wildman–Crippen LogP) is 1.47. The first kappa shape index (κ1) is 11.5. The Morgan fingerprint density at radius 2 is 2.06 bits per heavy atom. The minimum atomic E-state index is -3.63. The summed E-state index contributed by atoms with van der Waals surface area (Å²) in [5, 5.41) is 3.36. The molecule has 1 aromatic carbocycles. The number of rotatable bonds is 2. The monoisotopic (exact) mass is 266 g/mol. The Morgan fingerprint density at radius 1 is 1.33 bits per heavy atom. The van der Waals surface area contributed by atoms with Gasteiger partial charge in [0.25, 0.3) is 15.9 Å². The third-order valence-electron chi connectivity index (χ3n) is 3.64. The van der Waals surface area contributed by atoms with Gasteiger partial charge >= 0.3 is 0 Å². The maximum atomic E-state index is 11.6. The number of carbonyl (C=O) groups excluding carboxylic acids is 1. The van der Waals surface area contributed by atoms with E-state index in [2.05, 4.69) is 12.2 Å². The Morgan fingerprint density at radius 3 is 2.67 bits per heavy atom. The number of anilines is 1. The molecule has 18 heavy (non-hydrogen) atoms. The number of carbonyl (C=O) groups is 1. The summed E-state index contributed by atoms with van der Waals surface area (Å²) in [7, 11) is -3.63. The van der Waals surface area contributed by atoms with Crippen molar-refractivity contribution in [1.82, 2.24) is 4.72 Å². The molecule has 1 aliphatic carbocycles. The first-order chi connectivity index (χ1) is 8.40. The van der Waals surface area contributed by atoms with E-state index in [1.54, 1.807) is 12.1 Å². The third-order valence-corrected chi connectivity index (χ3v) is 5.03. The van der Waals surface area contributed by atoms with E-state index in [0.29, 0.717) is 0 Å². The summed E-state index contributed by atoms with van der Waals surface area (Å²) in [4.78, 5) is 11.6. The molecular formula is C12H14N2O3S. The van der Waals surface area contributed by atoms with Crippen LogP contribution < -0.4 is 10.0 Å². The Kier molecular flexibility index (Phi) is 2.22. The van der Waals surface area contributed by atoms with Crippen LogP contribution >= 0.6 is 0 Å². The zero-order chi connectivity index (χ0) is 13.0. The van der Waals surface area contributed by atoms with Gasteiger partial charge in [0, 0.05) is 11.2 Å². The van der Waals surface area contributed by atoms with Crippen LogP contribution in [-0.2, 0) is 10.0 Å². The average molecular weight is 266 g/mol. The molecular weight excluding hydrogens is 252 g/mol. The van der Waals surface area contributed by atoms with Crippen LogP contribution in [0.5, 0.6) is 0 Å². The maximum Gasteiger partial charge on any atom is 0.266 e. The van der Waals surface area contributed by atoms with Gasteiger partial charge in [0.1, 0.15) is 4.90 Å². The van der Waals surface area contributed by atoms with E-state index in [4.69, 9.17) is 0 Å². The molecule has 0 bridgehead atoms. The Bertz CT molecular complexity index is 633. The van der Waals surface area contributed by atoms with Gasteiger partial charge in [0.2, 0.25) is 0 Å². The van der Waals surface area contributed by atoms with Gasteiger partial charge in [-0.3, -0.25) is 4.79 Å². The predicted molar refractivity (Wildman–Crippen MR) is 67.0 cm³/mol. The second-order valence-electron chi connectivity index (χ2n) is 5.18. The van der Waals surface area contributed by atoms with Crippen molar-refractivity contribution < 1.29 is 13.2 Å². The molecule has 0 unspecified atom stereocenters. The van der Waals surface area contributed by atoms with Crippen LogP contribution in [0.1, 0.15) is 36.5 Å². The van der Waals surface area contributed by atoms with Crippen LogP contribution in [0.15, 0.2) is 23.1 Å². The summed E-state index contributed by atoms with van der Waals surface area (Å²) in [6.07, 6.45) is 3.38. The zero-order valence-electron chi connectivity index (χ0n) is 9.99. The van der Waals surface area contributed by atoms with E-state index >= 15 is 0 Å². The van der Waals surface area contributed by atoms with Crippen LogP contribution in [-0.4, -0.2) is 19.9 Å². The van der Waals surface area contributed by atoms with Crippen LogP contribution in [0.3, 0.4) is 0 Å². The van der Waals surface area contributed by atoms with Crippen LogP contribution in [0, 0.1) is 0 Å². The van der Waals surface area contributed by atoms with Gasteiger partial charge in [-0.1, -0.05) is 0 Å². The molecule has 6 heteroatoms. The Labute approximate surface area is 106 Å². The van der Waals surface area contributed by atoms with E-state index < -0.39 is 15.9 Å². The van der Waals surface area contributed by atoms with E-state index in [-0.39, 0.29) is 16.0 Å². The number of hydrogen-bond acceptors (Lipinski definition) is 4. The van der Waals surface area contributed by atoms with Crippen LogP contribution in [0.4, 0.5) is 5.69 Å². The lowest BCUT2D eigenvalue weighted by atomic mass is 9.78. The third kappa shape index (κ3) is 1.68. The fourth-order valence-electron chi connectivity index (χ4n) is 2.43. The van der Waals surface area contributed by atoms with Gasteiger partial charge in [-0.15, -0.1) is 0 Å². The topological polar surface area (TPSA) is 75.3 Å². The summed E-state index contributed by atoms with van der Waals surface area (Å²) < 4.78 is 25.1. The SMILES string of the molecule is CC1(Nc2ccc3c(c2)C(=O)NS3(=O)=O)CCC1. The second kappa shape index (κ2) is 3.47. The summed E-state index contributed by atoms with van der Waals surface area (Å²) in [6, 6.07) is 4.80. The van der Waals surface area contributed by atoms with Crippen molar-refractivity contribution in [1.29, 1.82) is 0 Å². The van der Waals surface area contributed by atoms with Gasteiger partial charge in [-0.2, -0.15) is 0 Å². The first-order valence-electron chi connectivity index (χ1n) is 5.89. The molecule has 1 saturated carbocycles. The van der Waals surface area contributed by atoms with Crippen molar-refractivity contribution >= 4 is 21.6 Å². The molecule has 0 saturated heterocycles. The highest BCUT2D eigenvalue weighted by Gasteiger charge is 2.34. The highest BCUT2D eigenvalue weighted by atomic mass is 32.2. The number of benzene rings is 1. The van der Waals surface area contributed by atoms with Gasteiger partial charge < -0.3 is 5.32 Å². The molecule has 0 atom stereocenters. The molecule has 2 N–H and O–H groups in total. The standard InChI is InChI=1S/C12H14N2O3S/c1-12(5-2-6-12)13-8-3-4-10-9(7-8)11(15)14-18(10,16)17/h3-4,7,13H,2,5-6H2,1H3,(H,14,15). The van der Waals surface area contributed by atoms with Gasteiger partial charge in [0.15, 0.2) is 0 Å². The van der Waals surface area contributed by atoms with Crippen molar-refractivity contribution in [2.75, 3.05) is 5.32 Å². The molecule has 0 spiro atoms. The number of sulfonamides is 1. The molecule has 3 rings (SSSR count). The minimum absolute atomic E-state index is 0.0665. The van der Waals surface area contributed by atoms with E-state index in [0.717, 1.165) is 18.5 Å². The largest absolute Gasteiger partial charge is 0.380 e.